The Morgan fingerprint density at radius 1 is 1.11 bits per heavy atom. The van der Waals surface area contributed by atoms with Gasteiger partial charge in [0.05, 0.1) is 7.11 Å². The number of halogens is 2. The van der Waals surface area contributed by atoms with Crippen molar-refractivity contribution in [2.24, 2.45) is 0 Å². The van der Waals surface area contributed by atoms with E-state index in [1.54, 1.807) is 22.8 Å². The molecule has 0 radical (unpaired) electrons. The number of nitrogens with one attached hydrogen (secondary N) is 1. The molecule has 1 amide bonds. The second-order valence-corrected chi connectivity index (χ2v) is 6.90. The Labute approximate surface area is 161 Å². The van der Waals surface area contributed by atoms with Gasteiger partial charge in [0.2, 0.25) is 5.91 Å². The molecule has 1 aliphatic heterocycles. The fraction of sp³-hybridized carbons (Fsp3) is 0.286. The van der Waals surface area contributed by atoms with Gasteiger partial charge in [-0.2, -0.15) is 0 Å². The van der Waals surface area contributed by atoms with Gasteiger partial charge in [0.1, 0.15) is 18.0 Å². The van der Waals surface area contributed by atoms with Gasteiger partial charge in [0.15, 0.2) is 11.6 Å². The van der Waals surface area contributed by atoms with E-state index in [9.17, 15) is 13.6 Å². The first kappa shape index (κ1) is 18.3. The van der Waals surface area contributed by atoms with Gasteiger partial charge in [-0.3, -0.25) is 4.79 Å². The van der Waals surface area contributed by atoms with Crippen LogP contribution in [0.5, 0.6) is 5.75 Å². The highest BCUT2D eigenvalue weighted by Gasteiger charge is 2.21. The van der Waals surface area contributed by atoms with Crippen LogP contribution in [0.4, 0.5) is 20.2 Å². The average molecular weight is 385 g/mol. The van der Waals surface area contributed by atoms with Crippen LogP contribution in [0, 0.1) is 11.6 Å². The summed E-state index contributed by atoms with van der Waals surface area (Å²) in [6.45, 7) is 1.32. The number of rotatable bonds is 5. The molecule has 2 heterocycles. The van der Waals surface area contributed by atoms with E-state index in [0.717, 1.165) is 29.5 Å². The number of hydrogen-bond acceptors (Lipinski definition) is 3. The van der Waals surface area contributed by atoms with E-state index in [4.69, 9.17) is 4.74 Å². The molecule has 1 fully saturated rings. The first-order valence-electron chi connectivity index (χ1n) is 9.22. The Kier molecular flexibility index (Phi) is 4.90. The maximum atomic E-state index is 14.4. The van der Waals surface area contributed by atoms with Crippen molar-refractivity contribution in [2.45, 2.75) is 19.4 Å². The van der Waals surface area contributed by atoms with E-state index in [-0.39, 0.29) is 23.8 Å². The molecule has 0 aliphatic carbocycles. The predicted molar refractivity (Wildman–Crippen MR) is 105 cm³/mol. The van der Waals surface area contributed by atoms with E-state index >= 15 is 0 Å². The smallest absolute Gasteiger partial charge is 0.244 e. The van der Waals surface area contributed by atoms with Gasteiger partial charge in [0, 0.05) is 35.9 Å². The molecule has 28 heavy (non-hydrogen) atoms. The van der Waals surface area contributed by atoms with E-state index in [1.807, 2.05) is 24.3 Å². The van der Waals surface area contributed by atoms with Crippen molar-refractivity contribution in [1.29, 1.82) is 0 Å². The highest BCUT2D eigenvalue weighted by Crippen LogP contribution is 2.30. The lowest BCUT2D eigenvalue weighted by atomic mass is 10.2. The quantitative estimate of drug-likeness (QED) is 0.717. The van der Waals surface area contributed by atoms with Crippen LogP contribution in [0.1, 0.15) is 12.8 Å². The summed E-state index contributed by atoms with van der Waals surface area (Å²) >= 11 is 0. The molecule has 5 nitrogen and oxygen atoms in total. The predicted octanol–water partition coefficient (Wildman–Crippen LogP) is 4.17. The van der Waals surface area contributed by atoms with Gasteiger partial charge >= 0.3 is 0 Å². The lowest BCUT2D eigenvalue weighted by Gasteiger charge is -2.20. The summed E-state index contributed by atoms with van der Waals surface area (Å²) in [7, 11) is 1.60. The summed E-state index contributed by atoms with van der Waals surface area (Å²) in [5.74, 6) is -0.939. The molecule has 1 aliphatic rings. The molecule has 0 saturated carbocycles. The molecule has 4 rings (SSSR count). The van der Waals surface area contributed by atoms with Crippen LogP contribution < -0.4 is 15.0 Å². The zero-order valence-electron chi connectivity index (χ0n) is 15.5. The van der Waals surface area contributed by atoms with Gasteiger partial charge in [-0.1, -0.05) is 0 Å². The molecule has 0 unspecified atom stereocenters. The summed E-state index contributed by atoms with van der Waals surface area (Å²) in [6.07, 6.45) is 3.64. The van der Waals surface area contributed by atoms with Gasteiger partial charge < -0.3 is 19.5 Å². The summed E-state index contributed by atoms with van der Waals surface area (Å²) < 4.78 is 35.8. The number of nitrogens with zero attached hydrogens (tertiary/aromatic N) is 2. The Balaban J connectivity index is 1.49. The van der Waals surface area contributed by atoms with Crippen LogP contribution in [0.2, 0.25) is 0 Å². The molecule has 0 atom stereocenters. The molecule has 146 valence electrons. The lowest BCUT2D eigenvalue weighted by molar-refractivity contribution is -0.116. The Morgan fingerprint density at radius 2 is 1.82 bits per heavy atom. The highest BCUT2D eigenvalue weighted by molar-refractivity contribution is 5.92. The normalized spacial score (nSPS) is 13.9. The van der Waals surface area contributed by atoms with Gasteiger partial charge in [0.25, 0.3) is 0 Å². The van der Waals surface area contributed by atoms with Gasteiger partial charge in [-0.05, 0) is 49.2 Å². The summed E-state index contributed by atoms with van der Waals surface area (Å²) in [4.78, 5) is 14.1. The number of aromatic nitrogens is 1. The van der Waals surface area contributed by atoms with Crippen LogP contribution in [0.25, 0.3) is 10.9 Å². The van der Waals surface area contributed by atoms with Crippen molar-refractivity contribution in [3.05, 3.63) is 54.2 Å². The molecule has 3 aromatic rings. The number of amides is 1. The lowest BCUT2D eigenvalue weighted by Crippen LogP contribution is -2.22. The van der Waals surface area contributed by atoms with E-state index in [0.29, 0.717) is 13.1 Å². The number of fused-ring (bicyclic) bond motifs is 1. The van der Waals surface area contributed by atoms with Crippen molar-refractivity contribution in [2.75, 3.05) is 30.4 Å². The highest BCUT2D eigenvalue weighted by atomic mass is 19.1. The molecular formula is C21H21F2N3O2. The Hall–Kier alpha value is -3.09. The Morgan fingerprint density at radius 3 is 2.50 bits per heavy atom. The third kappa shape index (κ3) is 3.52. The number of benzene rings is 2. The average Bonchev–Trinajstić information content (AvgIpc) is 3.31. The Bertz CT molecular complexity index is 1000. The maximum absolute atomic E-state index is 14.4. The second kappa shape index (κ2) is 7.50. The molecule has 2 aromatic carbocycles. The van der Waals surface area contributed by atoms with Gasteiger partial charge in [-0.15, -0.1) is 0 Å². The molecule has 7 heteroatoms. The zero-order valence-corrected chi connectivity index (χ0v) is 15.5. The summed E-state index contributed by atoms with van der Waals surface area (Å²) in [5, 5.41) is 3.53. The third-order valence-electron chi connectivity index (χ3n) is 5.02. The SMILES string of the molecule is COc1ccc2c(ccn2CC(=O)Nc2cc(F)c(N3CCCC3)c(F)c2)c1. The standard InChI is InChI=1S/C21H21F2N3O2/c1-28-16-4-5-19-14(10-16)6-9-26(19)13-20(27)24-15-11-17(22)21(18(23)12-15)25-7-2-3-8-25/h4-6,9-12H,2-3,7-8,13H2,1H3,(H,24,27). The van der Waals surface area contributed by atoms with Crippen molar-refractivity contribution in [3.8, 4) is 5.75 Å². The topological polar surface area (TPSA) is 46.5 Å². The van der Waals surface area contributed by atoms with Crippen LogP contribution in [0.15, 0.2) is 42.6 Å². The minimum atomic E-state index is -0.657. The largest absolute Gasteiger partial charge is 0.497 e. The van der Waals surface area contributed by atoms with E-state index < -0.39 is 11.6 Å². The minimum Gasteiger partial charge on any atom is -0.497 e. The number of carbonyl (C=O) groups excluding carboxylic acids is 1. The molecule has 0 bridgehead atoms. The minimum absolute atomic E-state index is 0.0131. The monoisotopic (exact) mass is 385 g/mol. The molecule has 0 spiro atoms. The number of hydrogen-bond donors (Lipinski definition) is 1. The van der Waals surface area contributed by atoms with Crippen LogP contribution >= 0.6 is 0 Å². The maximum Gasteiger partial charge on any atom is 0.244 e. The van der Waals surface area contributed by atoms with Crippen LogP contribution in [-0.2, 0) is 11.3 Å². The van der Waals surface area contributed by atoms with Crippen molar-refractivity contribution < 1.29 is 18.3 Å². The molecule has 1 N–H and O–H groups in total. The fourth-order valence-corrected chi connectivity index (χ4v) is 3.68. The first-order chi connectivity index (χ1) is 13.5. The summed E-state index contributed by atoms with van der Waals surface area (Å²) in [6, 6.07) is 9.80. The number of carbonyl (C=O) groups is 1. The third-order valence-corrected chi connectivity index (χ3v) is 5.02. The second-order valence-electron chi connectivity index (χ2n) is 6.90. The fourth-order valence-electron chi connectivity index (χ4n) is 3.68. The van der Waals surface area contributed by atoms with Crippen molar-refractivity contribution in [3.63, 3.8) is 0 Å². The number of ether oxygens (including phenoxy) is 1. The van der Waals surface area contributed by atoms with Crippen molar-refractivity contribution in [1.82, 2.24) is 4.57 Å². The van der Waals surface area contributed by atoms with Gasteiger partial charge in [-0.25, -0.2) is 8.78 Å². The summed E-state index contributed by atoms with van der Waals surface area (Å²) in [5.41, 5.74) is 0.972. The van der Waals surface area contributed by atoms with E-state index in [2.05, 4.69) is 5.32 Å². The molecular weight excluding hydrogens is 364 g/mol. The zero-order chi connectivity index (χ0) is 19.7. The van der Waals surface area contributed by atoms with Crippen LogP contribution in [0.3, 0.4) is 0 Å². The first-order valence-corrected chi connectivity index (χ1v) is 9.22. The van der Waals surface area contributed by atoms with Crippen LogP contribution in [-0.4, -0.2) is 30.7 Å². The van der Waals surface area contributed by atoms with Crippen molar-refractivity contribution >= 4 is 28.2 Å². The number of methoxy groups -OCH3 is 1. The number of anilines is 2. The van der Waals surface area contributed by atoms with E-state index in [1.165, 1.54) is 12.1 Å². The molecule has 1 saturated heterocycles. The molecule has 1 aromatic heterocycles.